The summed E-state index contributed by atoms with van der Waals surface area (Å²) < 4.78 is 0. The van der Waals surface area contributed by atoms with Crippen molar-refractivity contribution >= 4 is 31.0 Å². The van der Waals surface area contributed by atoms with Gasteiger partial charge in [-0.15, -0.1) is 0 Å². The molecule has 3 nitrogen and oxygen atoms in total. The molecular formula is C4H4BCl2N3. The van der Waals surface area contributed by atoms with Gasteiger partial charge >= 0.3 is 0 Å². The first-order chi connectivity index (χ1) is 4.72. The highest BCUT2D eigenvalue weighted by atomic mass is 35.5. The summed E-state index contributed by atoms with van der Waals surface area (Å²) in [5.41, 5.74) is 0. The van der Waals surface area contributed by atoms with Crippen LogP contribution in [0, 0.1) is 0 Å². The quantitative estimate of drug-likeness (QED) is 0.577. The predicted octanol–water partition coefficient (Wildman–Crippen LogP) is 0.311. The van der Waals surface area contributed by atoms with Gasteiger partial charge in [0.25, 0.3) is 0 Å². The average molecular weight is 176 g/mol. The molecule has 0 unspecified atom stereocenters. The van der Waals surface area contributed by atoms with E-state index in [-0.39, 0.29) is 10.6 Å². The van der Waals surface area contributed by atoms with Crippen molar-refractivity contribution in [1.29, 1.82) is 0 Å². The van der Waals surface area contributed by atoms with Gasteiger partial charge in [-0.3, -0.25) is 0 Å². The first kappa shape index (κ1) is 7.76. The number of nitrogens with zero attached hydrogens (tertiary/aromatic N) is 3. The van der Waals surface area contributed by atoms with Crippen LogP contribution in [-0.4, -0.2) is 22.8 Å². The number of rotatable bonds is 1. The van der Waals surface area contributed by atoms with Crippen molar-refractivity contribution in [2.45, 2.75) is 6.32 Å². The van der Waals surface area contributed by atoms with Crippen molar-refractivity contribution in [1.82, 2.24) is 15.0 Å². The molecule has 1 aromatic heterocycles. The van der Waals surface area contributed by atoms with E-state index in [0.717, 1.165) is 0 Å². The van der Waals surface area contributed by atoms with E-state index in [2.05, 4.69) is 15.0 Å². The Morgan fingerprint density at radius 2 is 1.60 bits per heavy atom. The highest BCUT2D eigenvalue weighted by Crippen LogP contribution is 2.05. The smallest absolute Gasteiger partial charge is 0.203 e. The summed E-state index contributed by atoms with van der Waals surface area (Å²) in [6.07, 6.45) is 0.710. The van der Waals surface area contributed by atoms with Crippen LogP contribution in [-0.2, 0) is 6.32 Å². The summed E-state index contributed by atoms with van der Waals surface area (Å²) in [5, 5.41) is 0.300. The Labute approximate surface area is 69.2 Å². The van der Waals surface area contributed by atoms with Crippen LogP contribution in [0.4, 0.5) is 0 Å². The van der Waals surface area contributed by atoms with Crippen LogP contribution in [0.15, 0.2) is 0 Å². The molecule has 0 N–H and O–H groups in total. The van der Waals surface area contributed by atoms with Gasteiger partial charge in [0, 0.05) is 0 Å². The molecule has 0 aliphatic heterocycles. The van der Waals surface area contributed by atoms with Gasteiger partial charge in [0.05, 0.1) is 0 Å². The Bertz CT molecular complexity index is 222. The van der Waals surface area contributed by atoms with E-state index >= 15 is 0 Å². The van der Waals surface area contributed by atoms with E-state index in [1.807, 2.05) is 7.85 Å². The zero-order chi connectivity index (χ0) is 7.56. The van der Waals surface area contributed by atoms with Crippen molar-refractivity contribution in [2.75, 3.05) is 0 Å². The summed E-state index contributed by atoms with van der Waals surface area (Å²) >= 11 is 11.0. The van der Waals surface area contributed by atoms with Crippen molar-refractivity contribution in [3.63, 3.8) is 0 Å². The average Bonchev–Trinajstić information content (AvgIpc) is 1.85. The summed E-state index contributed by atoms with van der Waals surface area (Å²) in [5.74, 6) is 0.616. The molecule has 0 saturated carbocycles. The number of halogens is 2. The van der Waals surface area contributed by atoms with Gasteiger partial charge in [-0.2, -0.15) is 4.98 Å². The standard InChI is InChI=1S/C4H4BCl2N3/c5-1-2-8-3(6)10-4(7)9-2/h1,5H2. The second-order valence-corrected chi connectivity index (χ2v) is 2.32. The monoisotopic (exact) mass is 175 g/mol. The van der Waals surface area contributed by atoms with Crippen molar-refractivity contribution in [3.8, 4) is 0 Å². The van der Waals surface area contributed by atoms with Crippen LogP contribution >= 0.6 is 23.2 Å². The maximum atomic E-state index is 5.48. The van der Waals surface area contributed by atoms with Gasteiger partial charge in [-0.1, -0.05) is 0 Å². The first-order valence-corrected chi connectivity index (χ1v) is 3.54. The SMILES string of the molecule is BCc1nc(Cl)nc(Cl)n1. The third kappa shape index (κ3) is 1.82. The van der Waals surface area contributed by atoms with Crippen LogP contribution in [0.3, 0.4) is 0 Å². The summed E-state index contributed by atoms with van der Waals surface area (Å²) in [6, 6.07) is 0. The molecule has 1 rings (SSSR count). The third-order valence-electron chi connectivity index (χ3n) is 0.943. The fourth-order valence-electron chi connectivity index (χ4n) is 0.522. The topological polar surface area (TPSA) is 38.7 Å². The fourth-order valence-corrected chi connectivity index (χ4v) is 0.921. The van der Waals surface area contributed by atoms with E-state index in [1.54, 1.807) is 0 Å². The minimum absolute atomic E-state index is 0.150. The molecule has 0 aliphatic carbocycles. The zero-order valence-corrected chi connectivity index (χ0v) is 6.82. The molecule has 0 amide bonds. The molecule has 10 heavy (non-hydrogen) atoms. The molecule has 0 spiro atoms. The summed E-state index contributed by atoms with van der Waals surface area (Å²) in [6.45, 7) is 0. The van der Waals surface area contributed by atoms with Crippen LogP contribution in [0.2, 0.25) is 10.6 Å². The highest BCUT2D eigenvalue weighted by Gasteiger charge is 1.98. The van der Waals surface area contributed by atoms with Crippen LogP contribution in [0.25, 0.3) is 0 Å². The molecule has 0 bridgehead atoms. The molecule has 0 radical (unpaired) electrons. The molecule has 1 aromatic rings. The van der Waals surface area contributed by atoms with Crippen molar-refractivity contribution in [2.24, 2.45) is 0 Å². The van der Waals surface area contributed by atoms with Gasteiger partial charge in [0.15, 0.2) is 0 Å². The molecule has 0 atom stereocenters. The Morgan fingerprint density at radius 3 is 2.00 bits per heavy atom. The zero-order valence-electron chi connectivity index (χ0n) is 5.30. The van der Waals surface area contributed by atoms with E-state index in [1.165, 1.54) is 0 Å². The Hall–Kier alpha value is -0.345. The second kappa shape index (κ2) is 3.17. The highest BCUT2D eigenvalue weighted by molar-refractivity contribution is 6.31. The largest absolute Gasteiger partial charge is 0.226 e. The van der Waals surface area contributed by atoms with Gasteiger partial charge in [-0.05, 0) is 29.5 Å². The Kier molecular flexibility index (Phi) is 2.46. The third-order valence-corrected chi connectivity index (χ3v) is 1.28. The second-order valence-electron chi connectivity index (χ2n) is 1.64. The van der Waals surface area contributed by atoms with Crippen LogP contribution in [0.5, 0.6) is 0 Å². The van der Waals surface area contributed by atoms with Crippen molar-refractivity contribution in [3.05, 3.63) is 16.4 Å². The first-order valence-electron chi connectivity index (χ1n) is 2.78. The van der Waals surface area contributed by atoms with Crippen LogP contribution < -0.4 is 0 Å². The maximum Gasteiger partial charge on any atom is 0.226 e. The number of hydrogen-bond acceptors (Lipinski definition) is 3. The van der Waals surface area contributed by atoms with E-state index in [4.69, 9.17) is 23.2 Å². The molecule has 0 fully saturated rings. The summed E-state index contributed by atoms with van der Waals surface area (Å²) in [4.78, 5) is 11.2. The van der Waals surface area contributed by atoms with Gasteiger partial charge in [-0.25, -0.2) is 9.97 Å². The molecular weight excluding hydrogens is 172 g/mol. The lowest BCUT2D eigenvalue weighted by Gasteiger charge is -1.94. The lowest BCUT2D eigenvalue weighted by Crippen LogP contribution is -1.97. The minimum atomic E-state index is 0.150. The van der Waals surface area contributed by atoms with Crippen molar-refractivity contribution < 1.29 is 0 Å². The van der Waals surface area contributed by atoms with Gasteiger partial charge in [0.1, 0.15) is 13.7 Å². The lowest BCUT2D eigenvalue weighted by atomic mass is 10.1. The van der Waals surface area contributed by atoms with E-state index in [9.17, 15) is 0 Å². The molecule has 52 valence electrons. The Balaban J connectivity index is 3.06. The molecule has 1 heterocycles. The van der Waals surface area contributed by atoms with E-state index < -0.39 is 0 Å². The van der Waals surface area contributed by atoms with Crippen LogP contribution in [0.1, 0.15) is 5.82 Å². The molecule has 0 aromatic carbocycles. The molecule has 6 heteroatoms. The number of aromatic nitrogens is 3. The van der Waals surface area contributed by atoms with Gasteiger partial charge < -0.3 is 0 Å². The summed E-state index contributed by atoms with van der Waals surface area (Å²) in [7, 11) is 1.92. The maximum absolute atomic E-state index is 5.48. The predicted molar refractivity (Wildman–Crippen MR) is 42.1 cm³/mol. The minimum Gasteiger partial charge on any atom is -0.203 e. The normalized spacial score (nSPS) is 9.80. The lowest BCUT2D eigenvalue weighted by molar-refractivity contribution is 0.959. The number of hydrogen-bond donors (Lipinski definition) is 0. The Morgan fingerprint density at radius 1 is 1.10 bits per heavy atom. The molecule has 0 saturated heterocycles. The van der Waals surface area contributed by atoms with Gasteiger partial charge in [0.2, 0.25) is 10.6 Å². The van der Waals surface area contributed by atoms with E-state index in [0.29, 0.717) is 12.1 Å². The molecule has 0 aliphatic rings. The fraction of sp³-hybridized carbons (Fsp3) is 0.250.